The van der Waals surface area contributed by atoms with Gasteiger partial charge in [-0.15, -0.1) is 0 Å². The fourth-order valence-corrected chi connectivity index (χ4v) is 7.74. The molecular formula is C46H86O12S. The van der Waals surface area contributed by atoms with Crippen LogP contribution >= 0.6 is 0 Å². The van der Waals surface area contributed by atoms with Crippen molar-refractivity contribution in [3.63, 3.8) is 0 Å². The standard InChI is InChI=1S/C46H86O12S/c1-3-5-7-9-11-13-15-17-19-20-22-24-26-28-30-32-34-36-54-38-40(39-55-46-44(50)45(58-59(51,52)53)43(49)41(37-47)57-46)56-42(48)35-33-31-29-27-25-23-21-18-16-14-12-10-8-6-4-2/h12,14,18,21,40-41,43-47,49-50H,3-11,13,15-17,19-20,22-39H2,1-2H3,(H,51,52,53)/b14-12-,21-18-. The molecule has 1 heterocycles. The zero-order valence-electron chi connectivity index (χ0n) is 37.1. The van der Waals surface area contributed by atoms with Crippen LogP contribution in [0.15, 0.2) is 24.3 Å². The highest BCUT2D eigenvalue weighted by molar-refractivity contribution is 7.80. The van der Waals surface area contributed by atoms with Gasteiger partial charge in [-0.25, -0.2) is 4.18 Å². The maximum absolute atomic E-state index is 12.8. The van der Waals surface area contributed by atoms with Gasteiger partial charge < -0.3 is 34.3 Å². The number of hydrogen-bond donors (Lipinski definition) is 4. The molecule has 348 valence electrons. The number of carbonyl (C=O) groups excluding carboxylic acids is 1. The van der Waals surface area contributed by atoms with E-state index in [2.05, 4.69) is 42.3 Å². The zero-order chi connectivity index (χ0) is 43.2. The average Bonchev–Trinajstić information content (AvgIpc) is 3.20. The van der Waals surface area contributed by atoms with Gasteiger partial charge >= 0.3 is 16.4 Å². The zero-order valence-corrected chi connectivity index (χ0v) is 37.9. The van der Waals surface area contributed by atoms with Crippen molar-refractivity contribution >= 4 is 16.4 Å². The molecule has 0 aromatic rings. The van der Waals surface area contributed by atoms with E-state index in [0.717, 1.165) is 64.2 Å². The molecule has 0 saturated carbocycles. The third-order valence-electron chi connectivity index (χ3n) is 10.8. The molecule has 0 aromatic carbocycles. The van der Waals surface area contributed by atoms with E-state index in [-0.39, 0.29) is 19.6 Å². The minimum atomic E-state index is -5.06. The summed E-state index contributed by atoms with van der Waals surface area (Å²) in [6.07, 6.45) is 33.5. The van der Waals surface area contributed by atoms with Gasteiger partial charge in [-0.2, -0.15) is 8.42 Å². The molecule has 59 heavy (non-hydrogen) atoms. The van der Waals surface area contributed by atoms with Gasteiger partial charge in [0.05, 0.1) is 19.8 Å². The van der Waals surface area contributed by atoms with Crippen LogP contribution in [0.1, 0.15) is 200 Å². The molecule has 0 aliphatic carbocycles. The summed E-state index contributed by atoms with van der Waals surface area (Å²) >= 11 is 0. The summed E-state index contributed by atoms with van der Waals surface area (Å²) in [6, 6.07) is 0. The van der Waals surface area contributed by atoms with E-state index in [0.29, 0.717) is 13.0 Å². The minimum absolute atomic E-state index is 0.0343. The van der Waals surface area contributed by atoms with E-state index in [4.69, 9.17) is 23.5 Å². The summed E-state index contributed by atoms with van der Waals surface area (Å²) in [6.45, 7) is 3.97. The lowest BCUT2D eigenvalue weighted by Gasteiger charge is -2.41. The maximum atomic E-state index is 12.8. The second-order valence-corrected chi connectivity index (χ2v) is 17.4. The van der Waals surface area contributed by atoms with Crippen molar-refractivity contribution in [1.82, 2.24) is 0 Å². The normalized spacial score (nSPS) is 20.5. The van der Waals surface area contributed by atoms with Gasteiger partial charge in [-0.3, -0.25) is 9.35 Å². The summed E-state index contributed by atoms with van der Waals surface area (Å²) in [5.41, 5.74) is 0. The molecule has 0 bridgehead atoms. The van der Waals surface area contributed by atoms with Crippen LogP contribution in [-0.4, -0.2) is 97.5 Å². The first kappa shape index (κ1) is 55.6. The molecule has 1 aliphatic rings. The fourth-order valence-electron chi connectivity index (χ4n) is 7.23. The third kappa shape index (κ3) is 32.0. The molecule has 6 atom stereocenters. The molecule has 12 nitrogen and oxygen atoms in total. The first-order valence-electron chi connectivity index (χ1n) is 23.6. The van der Waals surface area contributed by atoms with Crippen molar-refractivity contribution in [3.05, 3.63) is 24.3 Å². The predicted octanol–water partition coefficient (Wildman–Crippen LogP) is 10.0. The highest BCUT2D eigenvalue weighted by Crippen LogP contribution is 2.26. The van der Waals surface area contributed by atoms with E-state index in [1.165, 1.54) is 109 Å². The third-order valence-corrected chi connectivity index (χ3v) is 11.3. The van der Waals surface area contributed by atoms with Crippen LogP contribution in [0, 0.1) is 0 Å². The van der Waals surface area contributed by atoms with Gasteiger partial charge in [-0.05, 0) is 44.9 Å². The van der Waals surface area contributed by atoms with E-state index in [1.54, 1.807) is 0 Å². The quantitative estimate of drug-likeness (QED) is 0.0198. The number of allylic oxidation sites excluding steroid dienone is 4. The Labute approximate surface area is 359 Å². The van der Waals surface area contributed by atoms with Gasteiger partial charge in [-0.1, -0.05) is 173 Å². The number of rotatable bonds is 41. The van der Waals surface area contributed by atoms with Gasteiger partial charge in [0, 0.05) is 13.0 Å². The molecule has 4 N–H and O–H groups in total. The van der Waals surface area contributed by atoms with E-state index in [1.807, 2.05) is 0 Å². The number of aliphatic hydroxyl groups is 3. The van der Waals surface area contributed by atoms with Crippen molar-refractivity contribution in [2.75, 3.05) is 26.4 Å². The van der Waals surface area contributed by atoms with E-state index in [9.17, 15) is 28.5 Å². The Morgan fingerprint density at radius 2 is 1.12 bits per heavy atom. The number of carbonyl (C=O) groups is 1. The largest absolute Gasteiger partial charge is 0.457 e. The summed E-state index contributed by atoms with van der Waals surface area (Å²) in [5, 5.41) is 30.7. The number of ether oxygens (including phenoxy) is 4. The van der Waals surface area contributed by atoms with Crippen molar-refractivity contribution < 1.29 is 56.2 Å². The minimum Gasteiger partial charge on any atom is -0.457 e. The van der Waals surface area contributed by atoms with Crippen LogP contribution < -0.4 is 0 Å². The SMILES string of the molecule is CCCCC/C=C\C/C=C\CCCCCCCC(=O)OC(COCCCCCCCCCCCCCCCCCCC)COC1OC(CO)C(O)C(OS(=O)(=O)O)C1O. The van der Waals surface area contributed by atoms with Crippen LogP contribution in [0.25, 0.3) is 0 Å². The van der Waals surface area contributed by atoms with Crippen molar-refractivity contribution in [1.29, 1.82) is 0 Å². The highest BCUT2D eigenvalue weighted by atomic mass is 32.3. The lowest BCUT2D eigenvalue weighted by Crippen LogP contribution is -2.60. The molecule has 1 rings (SSSR count). The summed E-state index contributed by atoms with van der Waals surface area (Å²) < 4.78 is 59.1. The average molecular weight is 863 g/mol. The van der Waals surface area contributed by atoms with Crippen LogP contribution in [0.3, 0.4) is 0 Å². The first-order chi connectivity index (χ1) is 28.6. The van der Waals surface area contributed by atoms with Crippen LogP contribution in [-0.2, 0) is 38.3 Å². The monoisotopic (exact) mass is 863 g/mol. The highest BCUT2D eigenvalue weighted by Gasteiger charge is 2.48. The Morgan fingerprint density at radius 1 is 0.644 bits per heavy atom. The molecule has 1 aliphatic heterocycles. The number of aliphatic hydroxyl groups excluding tert-OH is 3. The Kier molecular flexibility index (Phi) is 36.1. The molecule has 0 radical (unpaired) electrons. The Balaban J connectivity index is 2.41. The van der Waals surface area contributed by atoms with Crippen molar-refractivity contribution in [3.8, 4) is 0 Å². The molecule has 0 aromatic heterocycles. The molecule has 1 saturated heterocycles. The van der Waals surface area contributed by atoms with Crippen LogP contribution in [0.2, 0.25) is 0 Å². The topological polar surface area (TPSA) is 178 Å². The van der Waals surface area contributed by atoms with Crippen molar-refractivity contribution in [2.45, 2.75) is 237 Å². The first-order valence-corrected chi connectivity index (χ1v) is 25.0. The predicted molar refractivity (Wildman–Crippen MR) is 234 cm³/mol. The lowest BCUT2D eigenvalue weighted by molar-refractivity contribution is -0.301. The molecule has 0 amide bonds. The summed E-state index contributed by atoms with van der Waals surface area (Å²) in [7, 11) is -5.06. The van der Waals surface area contributed by atoms with Gasteiger partial charge in [0.1, 0.15) is 30.5 Å². The fraction of sp³-hybridized carbons (Fsp3) is 0.891. The van der Waals surface area contributed by atoms with Crippen LogP contribution in [0.4, 0.5) is 0 Å². The summed E-state index contributed by atoms with van der Waals surface area (Å²) in [5.74, 6) is -0.410. The second-order valence-electron chi connectivity index (χ2n) is 16.4. The molecular weight excluding hydrogens is 777 g/mol. The second kappa shape index (κ2) is 38.3. The lowest BCUT2D eigenvalue weighted by atomic mass is 9.99. The molecule has 1 fully saturated rings. The van der Waals surface area contributed by atoms with Crippen LogP contribution in [0.5, 0.6) is 0 Å². The molecule has 0 spiro atoms. The van der Waals surface area contributed by atoms with E-state index >= 15 is 0 Å². The Morgan fingerprint density at radius 3 is 1.64 bits per heavy atom. The van der Waals surface area contributed by atoms with E-state index < -0.39 is 59.8 Å². The summed E-state index contributed by atoms with van der Waals surface area (Å²) in [4.78, 5) is 12.8. The number of unbranched alkanes of at least 4 members (excludes halogenated alkanes) is 24. The Bertz CT molecular complexity index is 1130. The maximum Gasteiger partial charge on any atom is 0.397 e. The molecule has 6 unspecified atom stereocenters. The Hall–Kier alpha value is -1.42. The number of hydrogen-bond acceptors (Lipinski definition) is 11. The van der Waals surface area contributed by atoms with Gasteiger partial charge in [0.2, 0.25) is 0 Å². The van der Waals surface area contributed by atoms with Gasteiger partial charge in [0.25, 0.3) is 0 Å². The van der Waals surface area contributed by atoms with Crippen molar-refractivity contribution in [2.24, 2.45) is 0 Å². The molecule has 13 heteroatoms. The van der Waals surface area contributed by atoms with Gasteiger partial charge in [0.15, 0.2) is 6.29 Å². The smallest absolute Gasteiger partial charge is 0.397 e. The number of esters is 1.